The summed E-state index contributed by atoms with van der Waals surface area (Å²) < 4.78 is 2.23. The lowest BCUT2D eigenvalue weighted by molar-refractivity contribution is 1.12. The third kappa shape index (κ3) is 1.33. The largest absolute Gasteiger partial charge is 0.289 e. The van der Waals surface area contributed by atoms with Crippen molar-refractivity contribution in [1.29, 1.82) is 0 Å². The van der Waals surface area contributed by atoms with E-state index < -0.39 is 0 Å². The third-order valence-electron chi connectivity index (χ3n) is 2.71. The summed E-state index contributed by atoms with van der Waals surface area (Å²) in [4.78, 5) is 12.1. The first-order valence-corrected chi connectivity index (χ1v) is 5.90. The molecular weight excluding hydrogens is 204 g/mol. The zero-order valence-electron chi connectivity index (χ0n) is 8.19. The van der Waals surface area contributed by atoms with Crippen molar-refractivity contribution in [2.75, 3.05) is 0 Å². The van der Waals surface area contributed by atoms with Gasteiger partial charge >= 0.3 is 0 Å². The zero-order valence-corrected chi connectivity index (χ0v) is 9.01. The smallest absolute Gasteiger partial charge is 0.195 e. The molecule has 0 fully saturated rings. The minimum Gasteiger partial charge on any atom is -0.289 e. The van der Waals surface area contributed by atoms with Crippen molar-refractivity contribution in [2.45, 2.75) is 12.8 Å². The van der Waals surface area contributed by atoms with E-state index in [0.29, 0.717) is 0 Å². The molecule has 1 heterocycles. The van der Waals surface area contributed by atoms with Crippen molar-refractivity contribution in [2.24, 2.45) is 0 Å². The van der Waals surface area contributed by atoms with Gasteiger partial charge in [-0.05, 0) is 25.0 Å². The Morgan fingerprint density at radius 1 is 1.07 bits per heavy atom. The molecule has 1 aromatic carbocycles. The van der Waals surface area contributed by atoms with E-state index in [-0.39, 0.29) is 5.43 Å². The summed E-state index contributed by atoms with van der Waals surface area (Å²) in [5.74, 6) is 0. The summed E-state index contributed by atoms with van der Waals surface area (Å²) in [6, 6.07) is 7.84. The van der Waals surface area contributed by atoms with Gasteiger partial charge in [0.25, 0.3) is 0 Å². The van der Waals surface area contributed by atoms with E-state index in [4.69, 9.17) is 0 Å². The fraction of sp³-hybridized carbons (Fsp3) is 0.154. The second-order valence-corrected chi connectivity index (χ2v) is 4.77. The quantitative estimate of drug-likeness (QED) is 0.651. The van der Waals surface area contributed by atoms with Crippen LogP contribution in [0.3, 0.4) is 0 Å². The van der Waals surface area contributed by atoms with Crippen molar-refractivity contribution in [3.63, 3.8) is 0 Å². The van der Waals surface area contributed by atoms with Gasteiger partial charge in [-0.2, -0.15) is 0 Å². The van der Waals surface area contributed by atoms with Crippen LogP contribution >= 0.6 is 11.3 Å². The second-order valence-electron chi connectivity index (χ2n) is 3.69. The Morgan fingerprint density at radius 2 is 1.87 bits per heavy atom. The van der Waals surface area contributed by atoms with E-state index in [1.54, 1.807) is 11.3 Å². The summed E-state index contributed by atoms with van der Waals surface area (Å²) in [7, 11) is 0. The molecular formula is C13H10OS. The van der Waals surface area contributed by atoms with Crippen molar-refractivity contribution in [3.8, 4) is 0 Å². The van der Waals surface area contributed by atoms with E-state index >= 15 is 0 Å². The Hall–Kier alpha value is -1.41. The molecule has 0 unspecified atom stereocenters. The topological polar surface area (TPSA) is 17.1 Å². The molecule has 0 aliphatic heterocycles. The molecule has 3 rings (SSSR count). The molecule has 0 saturated heterocycles. The molecule has 2 heteroatoms. The van der Waals surface area contributed by atoms with E-state index in [2.05, 4.69) is 12.2 Å². The predicted octanol–water partition coefficient (Wildman–Crippen LogP) is 1.62. The van der Waals surface area contributed by atoms with Gasteiger partial charge in [0.1, 0.15) is 0 Å². The van der Waals surface area contributed by atoms with Gasteiger partial charge in [0.15, 0.2) is 5.43 Å². The molecule has 0 saturated carbocycles. The van der Waals surface area contributed by atoms with E-state index in [0.717, 1.165) is 32.7 Å². The monoisotopic (exact) mass is 214 g/mol. The van der Waals surface area contributed by atoms with Crippen LogP contribution in [0.4, 0.5) is 0 Å². The second kappa shape index (κ2) is 3.31. The van der Waals surface area contributed by atoms with Crippen molar-refractivity contribution in [1.82, 2.24) is 0 Å². The molecule has 1 aliphatic carbocycles. The minimum atomic E-state index is 0.190. The molecule has 0 amide bonds. The first kappa shape index (κ1) is 8.86. The molecule has 1 nitrogen and oxygen atoms in total. The highest BCUT2D eigenvalue weighted by Gasteiger charge is 2.03. The van der Waals surface area contributed by atoms with Crippen molar-refractivity contribution >= 4 is 33.6 Å². The number of hydrogen-bond donors (Lipinski definition) is 0. The molecule has 0 N–H and O–H groups in total. The lowest BCUT2D eigenvalue weighted by Gasteiger charge is -2.00. The Kier molecular flexibility index (Phi) is 1.96. The van der Waals surface area contributed by atoms with Gasteiger partial charge in [-0.25, -0.2) is 0 Å². The fourth-order valence-electron chi connectivity index (χ4n) is 1.96. The first-order valence-electron chi connectivity index (χ1n) is 5.08. The number of hydrogen-bond acceptors (Lipinski definition) is 2. The molecule has 0 atom stereocenters. The predicted molar refractivity (Wildman–Crippen MR) is 65.5 cm³/mol. The Morgan fingerprint density at radius 3 is 2.80 bits per heavy atom. The summed E-state index contributed by atoms with van der Waals surface area (Å²) in [6.07, 6.45) is 6.29. The van der Waals surface area contributed by atoms with Crippen LogP contribution in [-0.4, -0.2) is 0 Å². The maximum absolute atomic E-state index is 12.1. The van der Waals surface area contributed by atoms with E-state index in [1.807, 2.05) is 24.3 Å². The van der Waals surface area contributed by atoms with Crippen LogP contribution in [0.15, 0.2) is 29.1 Å². The zero-order chi connectivity index (χ0) is 10.3. The SMILES string of the molecule is O=c1c2c(sc3ccccc13)=CCCC=2. The van der Waals surface area contributed by atoms with Gasteiger partial charge in [0.2, 0.25) is 0 Å². The average molecular weight is 214 g/mol. The van der Waals surface area contributed by atoms with Crippen LogP contribution in [0.5, 0.6) is 0 Å². The lowest BCUT2D eigenvalue weighted by atomic mass is 10.1. The molecule has 2 aromatic rings. The van der Waals surface area contributed by atoms with Crippen LogP contribution in [0, 0.1) is 0 Å². The van der Waals surface area contributed by atoms with E-state index in [9.17, 15) is 4.79 Å². The third-order valence-corrected chi connectivity index (χ3v) is 3.89. The molecule has 0 spiro atoms. The van der Waals surface area contributed by atoms with Crippen molar-refractivity contribution in [3.05, 3.63) is 44.2 Å². The molecule has 74 valence electrons. The average Bonchev–Trinajstić information content (AvgIpc) is 2.30. The summed E-state index contributed by atoms with van der Waals surface area (Å²) >= 11 is 1.72. The molecule has 0 radical (unpaired) electrons. The fourth-order valence-corrected chi connectivity index (χ4v) is 3.10. The van der Waals surface area contributed by atoms with Crippen LogP contribution in [0.25, 0.3) is 22.2 Å². The first-order chi connectivity index (χ1) is 7.36. The van der Waals surface area contributed by atoms with Gasteiger partial charge in [0, 0.05) is 19.8 Å². The molecule has 15 heavy (non-hydrogen) atoms. The van der Waals surface area contributed by atoms with Crippen LogP contribution in [0.2, 0.25) is 0 Å². The minimum absolute atomic E-state index is 0.190. The summed E-state index contributed by atoms with van der Waals surface area (Å²) in [5, 5.41) is 1.76. The Balaban J connectivity index is 2.65. The molecule has 1 aliphatic rings. The van der Waals surface area contributed by atoms with Gasteiger partial charge in [-0.3, -0.25) is 4.79 Å². The molecule has 0 bridgehead atoms. The normalized spacial score (nSPS) is 14.1. The van der Waals surface area contributed by atoms with Crippen LogP contribution in [0.1, 0.15) is 12.8 Å². The number of rotatable bonds is 0. The maximum Gasteiger partial charge on any atom is 0.195 e. The standard InChI is InChI=1S/C13H10OS/c14-13-9-5-1-3-7-11(9)15-12-8-4-2-6-10(12)13/h1,3,5-8H,2,4H2. The Labute approximate surface area is 91.0 Å². The maximum atomic E-state index is 12.1. The summed E-state index contributed by atoms with van der Waals surface area (Å²) in [6.45, 7) is 0. The van der Waals surface area contributed by atoms with Crippen LogP contribution < -0.4 is 15.2 Å². The Bertz CT molecular complexity index is 695. The van der Waals surface area contributed by atoms with Crippen LogP contribution in [-0.2, 0) is 0 Å². The van der Waals surface area contributed by atoms with Gasteiger partial charge in [-0.15, -0.1) is 11.3 Å². The lowest BCUT2D eigenvalue weighted by Crippen LogP contribution is -2.38. The van der Waals surface area contributed by atoms with Gasteiger partial charge in [0.05, 0.1) is 0 Å². The highest BCUT2D eigenvalue weighted by atomic mass is 32.1. The van der Waals surface area contributed by atoms with Gasteiger partial charge < -0.3 is 0 Å². The van der Waals surface area contributed by atoms with Crippen molar-refractivity contribution < 1.29 is 0 Å². The summed E-state index contributed by atoms with van der Waals surface area (Å²) in [5.41, 5.74) is 0.190. The van der Waals surface area contributed by atoms with Gasteiger partial charge in [-0.1, -0.05) is 24.3 Å². The number of benzene rings is 1. The number of fused-ring (bicyclic) bond motifs is 2. The van der Waals surface area contributed by atoms with E-state index in [1.165, 1.54) is 0 Å². The molecule has 1 aromatic heterocycles. The highest BCUT2D eigenvalue weighted by Crippen LogP contribution is 2.10. The highest BCUT2D eigenvalue weighted by molar-refractivity contribution is 7.16.